The number of benzene rings is 1. The van der Waals surface area contributed by atoms with Crippen LogP contribution in [0.1, 0.15) is 5.82 Å². The van der Waals surface area contributed by atoms with Gasteiger partial charge in [0.2, 0.25) is 5.82 Å². The van der Waals surface area contributed by atoms with Crippen LogP contribution in [-0.2, 0) is 19.4 Å². The molecule has 0 atom stereocenters. The third-order valence-corrected chi connectivity index (χ3v) is 5.98. The predicted octanol–water partition coefficient (Wildman–Crippen LogP) is 2.16. The third-order valence-electron chi connectivity index (χ3n) is 4.06. The Bertz CT molecular complexity index is 1210. The fourth-order valence-electron chi connectivity index (χ4n) is 2.32. The molecule has 0 unspecified atom stereocenters. The topological polar surface area (TPSA) is 141 Å². The molecule has 0 bridgehead atoms. The van der Waals surface area contributed by atoms with E-state index in [1.807, 2.05) is 0 Å². The van der Waals surface area contributed by atoms with Gasteiger partial charge in [-0.15, -0.1) is 0 Å². The second-order valence-electron chi connectivity index (χ2n) is 7.14. The number of aromatic nitrogens is 2. The number of allylic oxidation sites excluding steroid dienone is 2. The number of hydrogen-bond acceptors (Lipinski definition) is 10. The summed E-state index contributed by atoms with van der Waals surface area (Å²) in [6.07, 6.45) is -3.90. The van der Waals surface area contributed by atoms with Gasteiger partial charge in [-0.3, -0.25) is 9.79 Å². The minimum Gasteiger partial charge on any atom is -0.463 e. The molecule has 1 heterocycles. The highest BCUT2D eigenvalue weighted by Crippen LogP contribution is 2.29. The number of rotatable bonds is 9. The smallest absolute Gasteiger partial charge is 0.431 e. The highest BCUT2D eigenvalue weighted by atomic mass is 79.9. The number of halogens is 4. The lowest BCUT2D eigenvalue weighted by molar-refractivity contribution is -0.142. The summed E-state index contributed by atoms with van der Waals surface area (Å²) in [5, 5.41) is 3.62. The predicted molar refractivity (Wildman–Crippen MR) is 120 cm³/mol. The molecule has 0 amide bonds. The van der Waals surface area contributed by atoms with Crippen molar-refractivity contribution in [2.45, 2.75) is 11.1 Å². The van der Waals surface area contributed by atoms with Crippen LogP contribution in [0, 0.1) is 0 Å². The third kappa shape index (κ3) is 7.63. The summed E-state index contributed by atoms with van der Waals surface area (Å²) in [5.41, 5.74) is 3.36. The van der Waals surface area contributed by atoms with Gasteiger partial charge in [0.05, 0.1) is 9.38 Å². The Morgan fingerprint density at radius 3 is 2.59 bits per heavy atom. The van der Waals surface area contributed by atoms with Gasteiger partial charge in [0, 0.05) is 18.4 Å². The van der Waals surface area contributed by atoms with E-state index < -0.39 is 50.2 Å². The number of sulfone groups is 1. The van der Waals surface area contributed by atoms with Crippen LogP contribution >= 0.6 is 15.9 Å². The van der Waals surface area contributed by atoms with Crippen LogP contribution in [-0.4, -0.2) is 81.4 Å². The molecule has 0 fully saturated rings. The van der Waals surface area contributed by atoms with Crippen LogP contribution in [0.15, 0.2) is 48.9 Å². The molecule has 0 saturated carbocycles. The number of carbonyl (C=O) groups excluding carboxylic acids is 1. The largest absolute Gasteiger partial charge is 0.463 e. The Morgan fingerprint density at radius 2 is 2.00 bits per heavy atom. The molecule has 0 radical (unpaired) electrons. The zero-order chi connectivity index (χ0) is 25.7. The number of esters is 1. The molecule has 2 rings (SSSR count). The number of aliphatic imine (C=N–C) groups is 1. The van der Waals surface area contributed by atoms with Gasteiger partial charge >= 0.3 is 12.1 Å². The number of likely N-dealkylation sites (N-methyl/N-ethyl adjacent to an activating group) is 1. The van der Waals surface area contributed by atoms with Gasteiger partial charge in [0.1, 0.15) is 24.6 Å². The number of hydrogen-bond donors (Lipinski definition) is 1. The van der Waals surface area contributed by atoms with Crippen molar-refractivity contribution in [3.05, 3.63) is 40.3 Å². The first-order valence-corrected chi connectivity index (χ1v) is 12.1. The van der Waals surface area contributed by atoms with Crippen LogP contribution in [0.5, 0.6) is 0 Å². The van der Waals surface area contributed by atoms with E-state index in [1.165, 1.54) is 24.3 Å². The quantitative estimate of drug-likeness (QED) is 0.356. The maximum atomic E-state index is 13.2. The minimum atomic E-state index is -4.91. The van der Waals surface area contributed by atoms with Gasteiger partial charge in [0.15, 0.2) is 9.84 Å². The summed E-state index contributed by atoms with van der Waals surface area (Å²) >= 11 is 2.75. The van der Waals surface area contributed by atoms with Gasteiger partial charge in [-0.2, -0.15) is 18.2 Å². The van der Waals surface area contributed by atoms with Crippen molar-refractivity contribution >= 4 is 37.4 Å². The molecule has 0 aliphatic heterocycles. The lowest BCUT2D eigenvalue weighted by atomic mass is 10.2. The summed E-state index contributed by atoms with van der Waals surface area (Å²) < 4.78 is 72.4. The number of carbonyl (C=O) groups is 1. The number of ether oxygens (including phenoxy) is 1. The molecule has 0 aliphatic rings. The van der Waals surface area contributed by atoms with Crippen LogP contribution in [0.4, 0.5) is 13.2 Å². The SMILES string of the molecule is CN(C)CCOC(=O)CN=C(/C(Br)=C(\N)C(F)(F)F)c1noc(-c2cccc(S(C)(=O)=O)c2)n1. The van der Waals surface area contributed by atoms with Gasteiger partial charge in [-0.25, -0.2) is 8.42 Å². The van der Waals surface area contributed by atoms with Gasteiger partial charge in [0.25, 0.3) is 5.89 Å². The molecule has 0 saturated heterocycles. The van der Waals surface area contributed by atoms with Crippen molar-refractivity contribution in [1.82, 2.24) is 15.0 Å². The first-order valence-electron chi connectivity index (χ1n) is 9.42. The number of nitrogens with zero attached hydrogens (tertiary/aromatic N) is 4. The zero-order valence-corrected chi connectivity index (χ0v) is 20.7. The average molecular weight is 568 g/mol. The summed E-state index contributed by atoms with van der Waals surface area (Å²) in [7, 11) is -0.00129. The minimum absolute atomic E-state index is 0.0264. The second kappa shape index (κ2) is 11.1. The van der Waals surface area contributed by atoms with Crippen molar-refractivity contribution in [2.24, 2.45) is 10.7 Å². The van der Waals surface area contributed by atoms with Crippen LogP contribution in [0.2, 0.25) is 0 Å². The summed E-state index contributed by atoms with van der Waals surface area (Å²) in [6.45, 7) is -0.147. The Morgan fingerprint density at radius 1 is 1.32 bits per heavy atom. The maximum absolute atomic E-state index is 13.2. The first-order chi connectivity index (χ1) is 15.7. The molecular weight excluding hydrogens is 547 g/mol. The fraction of sp³-hybridized carbons (Fsp3) is 0.368. The molecule has 1 aromatic heterocycles. The average Bonchev–Trinajstić information content (AvgIpc) is 3.21. The van der Waals surface area contributed by atoms with Crippen molar-refractivity contribution in [3.8, 4) is 11.5 Å². The molecule has 2 aromatic rings. The molecule has 2 N–H and O–H groups in total. The van der Waals surface area contributed by atoms with E-state index in [-0.39, 0.29) is 23.0 Å². The zero-order valence-electron chi connectivity index (χ0n) is 18.3. The fourth-order valence-corrected chi connectivity index (χ4v) is 3.51. The molecule has 10 nitrogen and oxygen atoms in total. The van der Waals surface area contributed by atoms with Crippen molar-refractivity contribution in [2.75, 3.05) is 40.0 Å². The summed E-state index contributed by atoms with van der Waals surface area (Å²) in [4.78, 5) is 21.6. The van der Waals surface area contributed by atoms with E-state index >= 15 is 0 Å². The van der Waals surface area contributed by atoms with E-state index in [4.69, 9.17) is 15.0 Å². The molecule has 15 heteroatoms. The van der Waals surface area contributed by atoms with Crippen molar-refractivity contribution in [3.63, 3.8) is 0 Å². The summed E-state index contributed by atoms with van der Waals surface area (Å²) in [6, 6.07) is 5.53. The van der Waals surface area contributed by atoms with E-state index in [1.54, 1.807) is 19.0 Å². The molecular formula is C19H21BrF3N5O5S. The Hall–Kier alpha value is -2.78. The van der Waals surface area contributed by atoms with Crippen LogP contribution < -0.4 is 5.73 Å². The molecule has 186 valence electrons. The van der Waals surface area contributed by atoms with E-state index in [9.17, 15) is 26.4 Å². The lowest BCUT2D eigenvalue weighted by Gasteiger charge is -2.11. The highest BCUT2D eigenvalue weighted by molar-refractivity contribution is 9.12. The van der Waals surface area contributed by atoms with E-state index in [0.29, 0.717) is 6.54 Å². The van der Waals surface area contributed by atoms with Gasteiger partial charge in [-0.05, 0) is 48.2 Å². The van der Waals surface area contributed by atoms with Crippen LogP contribution in [0.3, 0.4) is 0 Å². The Balaban J connectivity index is 2.43. The molecule has 0 spiro atoms. The second-order valence-corrected chi connectivity index (χ2v) is 9.95. The van der Waals surface area contributed by atoms with Crippen molar-refractivity contribution < 1.29 is 35.6 Å². The highest BCUT2D eigenvalue weighted by Gasteiger charge is 2.36. The first kappa shape index (κ1) is 27.5. The van der Waals surface area contributed by atoms with Crippen LogP contribution in [0.25, 0.3) is 11.5 Å². The molecule has 1 aromatic carbocycles. The normalized spacial score (nSPS) is 13.7. The lowest BCUT2D eigenvalue weighted by Crippen LogP contribution is -2.24. The Labute approximate surface area is 201 Å². The molecule has 0 aliphatic carbocycles. The standard InChI is InChI=1S/C19H21BrF3N5O5S/c1-28(2)7-8-32-13(29)10-25-15(14(20)16(24)19(21,22)23)17-26-18(33-27-17)11-5-4-6-12(9-11)34(3,30)31/h4-6,9H,7-8,10,24H2,1-3H3/b16-14+,25-15?. The monoisotopic (exact) mass is 567 g/mol. The Kier molecular flexibility index (Phi) is 8.96. The summed E-state index contributed by atoms with van der Waals surface area (Å²) in [5.74, 6) is -1.40. The van der Waals surface area contributed by atoms with E-state index in [0.717, 1.165) is 6.26 Å². The number of alkyl halides is 3. The van der Waals surface area contributed by atoms with Gasteiger partial charge in [-0.1, -0.05) is 11.2 Å². The number of nitrogens with two attached hydrogens (primary N) is 1. The van der Waals surface area contributed by atoms with E-state index in [2.05, 4.69) is 31.1 Å². The molecule has 34 heavy (non-hydrogen) atoms. The maximum Gasteiger partial charge on any atom is 0.431 e. The van der Waals surface area contributed by atoms with Gasteiger partial charge < -0.3 is 19.9 Å². The van der Waals surface area contributed by atoms with Crippen molar-refractivity contribution in [1.29, 1.82) is 0 Å².